The number of aliphatic hydroxyl groups is 1. The van der Waals surface area contributed by atoms with Gasteiger partial charge >= 0.3 is 5.97 Å². The predicted molar refractivity (Wildman–Crippen MR) is 120 cm³/mol. The van der Waals surface area contributed by atoms with E-state index in [1.165, 1.54) is 6.08 Å². The number of esters is 1. The lowest BCUT2D eigenvalue weighted by Gasteiger charge is -2.42. The molecule has 3 heterocycles. The van der Waals surface area contributed by atoms with Crippen LogP contribution in [-0.2, 0) is 19.1 Å². The van der Waals surface area contributed by atoms with Crippen molar-refractivity contribution in [3.8, 4) is 0 Å². The number of carbonyl (C=O) groups is 3. The second kappa shape index (κ2) is 8.98. The van der Waals surface area contributed by atoms with E-state index in [0.717, 1.165) is 6.42 Å². The highest BCUT2D eigenvalue weighted by Gasteiger charge is 2.74. The summed E-state index contributed by atoms with van der Waals surface area (Å²) in [5, 5.41) is 9.37. The van der Waals surface area contributed by atoms with Gasteiger partial charge in [-0.15, -0.1) is 18.3 Å². The number of thioether (sulfide) groups is 1. The first-order valence-electron chi connectivity index (χ1n) is 10.9. The molecule has 31 heavy (non-hydrogen) atoms. The number of aliphatic hydroxyl groups excluding tert-OH is 1. The molecule has 5 atom stereocenters. The summed E-state index contributed by atoms with van der Waals surface area (Å²) in [5.74, 6) is -1.80. The van der Waals surface area contributed by atoms with E-state index in [0.29, 0.717) is 19.4 Å². The summed E-state index contributed by atoms with van der Waals surface area (Å²) >= 11 is 1.62. The van der Waals surface area contributed by atoms with Gasteiger partial charge in [0.05, 0.1) is 16.6 Å². The summed E-state index contributed by atoms with van der Waals surface area (Å²) in [6.45, 7) is 14.0. The number of rotatable bonds is 9. The molecule has 0 aliphatic carbocycles. The van der Waals surface area contributed by atoms with Crippen molar-refractivity contribution in [1.29, 1.82) is 0 Å². The van der Waals surface area contributed by atoms with Crippen molar-refractivity contribution in [2.75, 3.05) is 26.3 Å². The second-order valence-electron chi connectivity index (χ2n) is 9.49. The van der Waals surface area contributed by atoms with Gasteiger partial charge in [0.1, 0.15) is 12.6 Å². The molecule has 0 aromatic heterocycles. The second-order valence-corrected chi connectivity index (χ2v) is 11.1. The third kappa shape index (κ3) is 3.93. The van der Waals surface area contributed by atoms with Crippen LogP contribution in [0.15, 0.2) is 25.3 Å². The Bertz CT molecular complexity index is 764. The highest BCUT2D eigenvalue weighted by molar-refractivity contribution is 8.02. The number of hydrogen-bond acceptors (Lipinski definition) is 6. The number of ether oxygens (including phenoxy) is 1. The summed E-state index contributed by atoms with van der Waals surface area (Å²) in [7, 11) is 0. The van der Waals surface area contributed by atoms with Gasteiger partial charge in [0.15, 0.2) is 0 Å². The Hall–Kier alpha value is -1.80. The van der Waals surface area contributed by atoms with E-state index in [1.807, 2.05) is 20.8 Å². The highest BCUT2D eigenvalue weighted by Crippen LogP contribution is 2.66. The molecule has 3 saturated heterocycles. The first-order valence-corrected chi connectivity index (χ1v) is 11.8. The predicted octanol–water partition coefficient (Wildman–Crippen LogP) is 2.00. The van der Waals surface area contributed by atoms with Crippen LogP contribution in [0.2, 0.25) is 0 Å². The number of likely N-dealkylation sites (tertiary alicyclic amines) is 1. The average molecular weight is 451 g/mol. The van der Waals surface area contributed by atoms with Crippen molar-refractivity contribution in [1.82, 2.24) is 9.80 Å². The van der Waals surface area contributed by atoms with Crippen LogP contribution < -0.4 is 0 Å². The van der Waals surface area contributed by atoms with E-state index in [4.69, 9.17) is 4.74 Å². The van der Waals surface area contributed by atoms with Gasteiger partial charge in [-0.05, 0) is 40.0 Å². The summed E-state index contributed by atoms with van der Waals surface area (Å²) < 4.78 is 4.70. The van der Waals surface area contributed by atoms with Crippen molar-refractivity contribution >= 4 is 29.5 Å². The van der Waals surface area contributed by atoms with E-state index >= 15 is 0 Å². The van der Waals surface area contributed by atoms with E-state index in [2.05, 4.69) is 13.2 Å². The van der Waals surface area contributed by atoms with E-state index in [9.17, 15) is 19.5 Å². The molecule has 3 rings (SSSR count). The molecular weight excluding hydrogens is 416 g/mol. The first kappa shape index (κ1) is 23.9. The monoisotopic (exact) mass is 450 g/mol. The Morgan fingerprint density at radius 2 is 2.06 bits per heavy atom. The molecule has 8 heteroatoms. The lowest BCUT2D eigenvalue weighted by atomic mass is 9.71. The maximum Gasteiger partial charge on any atom is 0.311 e. The third-order valence-corrected chi connectivity index (χ3v) is 8.55. The summed E-state index contributed by atoms with van der Waals surface area (Å²) in [6, 6.07) is -0.664. The van der Waals surface area contributed by atoms with Crippen LogP contribution in [0.4, 0.5) is 0 Å². The van der Waals surface area contributed by atoms with Gasteiger partial charge in [0, 0.05) is 30.5 Å². The van der Waals surface area contributed by atoms with Crippen molar-refractivity contribution in [2.45, 2.75) is 61.6 Å². The number of carbonyl (C=O) groups excluding carboxylic acids is 3. The Morgan fingerprint density at radius 1 is 1.35 bits per heavy atom. The highest BCUT2D eigenvalue weighted by atomic mass is 32.2. The van der Waals surface area contributed by atoms with Crippen molar-refractivity contribution in [2.24, 2.45) is 11.8 Å². The van der Waals surface area contributed by atoms with Crippen LogP contribution in [0.5, 0.6) is 0 Å². The molecule has 0 aromatic carbocycles. The molecule has 0 saturated carbocycles. The van der Waals surface area contributed by atoms with Gasteiger partial charge in [-0.1, -0.05) is 18.7 Å². The van der Waals surface area contributed by atoms with Crippen LogP contribution in [0.1, 0.15) is 40.0 Å². The number of fused-ring (bicyclic) bond motifs is 1. The largest absolute Gasteiger partial charge is 0.461 e. The Morgan fingerprint density at radius 3 is 2.65 bits per heavy atom. The fraction of sp³-hybridized carbons (Fsp3) is 0.696. The zero-order chi connectivity index (χ0) is 23.0. The van der Waals surface area contributed by atoms with Crippen LogP contribution in [0.3, 0.4) is 0 Å². The smallest absolute Gasteiger partial charge is 0.311 e. The summed E-state index contributed by atoms with van der Waals surface area (Å²) in [6.07, 6.45) is 5.08. The maximum atomic E-state index is 14.0. The molecule has 0 aromatic rings. The van der Waals surface area contributed by atoms with Gasteiger partial charge < -0.3 is 19.6 Å². The summed E-state index contributed by atoms with van der Waals surface area (Å²) in [5.41, 5.74) is -0.449. The Kier molecular flexibility index (Phi) is 6.91. The minimum Gasteiger partial charge on any atom is -0.461 e. The van der Waals surface area contributed by atoms with Crippen LogP contribution >= 0.6 is 11.8 Å². The molecule has 2 unspecified atom stereocenters. The standard InChI is InChI=1S/C23H34N2O5S/c1-6-11-25(22(3,4)5)20(28)18-23-10-9-15(31-23)16(21(29)30-14-7-2)17(23)19(27)24(18)12-8-13-26/h6-7,15-18,26H,1-2,8-14H2,3-5H3/t15-,16+,17+,18?,23?/m1/s1. The maximum absolute atomic E-state index is 14.0. The Labute approximate surface area is 188 Å². The first-order chi connectivity index (χ1) is 14.6. The van der Waals surface area contributed by atoms with E-state index < -0.39 is 28.2 Å². The fourth-order valence-corrected chi connectivity index (χ4v) is 7.59. The lowest BCUT2D eigenvalue weighted by Crippen LogP contribution is -2.58. The van der Waals surface area contributed by atoms with E-state index in [1.54, 1.807) is 27.6 Å². The zero-order valence-corrected chi connectivity index (χ0v) is 19.5. The fourth-order valence-electron chi connectivity index (χ4n) is 5.39. The molecule has 1 spiro atoms. The zero-order valence-electron chi connectivity index (χ0n) is 18.7. The van der Waals surface area contributed by atoms with Gasteiger partial charge in [-0.3, -0.25) is 14.4 Å². The van der Waals surface area contributed by atoms with Gasteiger partial charge in [-0.2, -0.15) is 0 Å². The van der Waals surface area contributed by atoms with Gasteiger partial charge in [-0.25, -0.2) is 0 Å². The molecule has 2 bridgehead atoms. The lowest BCUT2D eigenvalue weighted by molar-refractivity contribution is -0.153. The van der Waals surface area contributed by atoms with Crippen LogP contribution in [-0.4, -0.2) is 80.6 Å². The molecule has 1 N–H and O–H groups in total. The third-order valence-electron chi connectivity index (χ3n) is 6.59. The molecule has 172 valence electrons. The van der Waals surface area contributed by atoms with Crippen molar-refractivity contribution in [3.05, 3.63) is 25.3 Å². The molecule has 3 aliphatic rings. The van der Waals surface area contributed by atoms with Crippen molar-refractivity contribution < 1.29 is 24.2 Å². The minimum atomic E-state index is -0.664. The van der Waals surface area contributed by atoms with Crippen LogP contribution in [0.25, 0.3) is 0 Å². The minimum absolute atomic E-state index is 0.0240. The Balaban J connectivity index is 2.02. The van der Waals surface area contributed by atoms with Crippen LogP contribution in [0, 0.1) is 11.8 Å². The molecular formula is C23H34N2O5S. The molecule has 3 fully saturated rings. The summed E-state index contributed by atoms with van der Waals surface area (Å²) in [4.78, 5) is 43.8. The number of amides is 2. The molecule has 7 nitrogen and oxygen atoms in total. The topological polar surface area (TPSA) is 87.1 Å². The molecule has 3 aliphatic heterocycles. The number of hydrogen-bond donors (Lipinski definition) is 1. The van der Waals surface area contributed by atoms with Gasteiger partial charge in [0.25, 0.3) is 0 Å². The van der Waals surface area contributed by atoms with Gasteiger partial charge in [0.2, 0.25) is 11.8 Å². The normalized spacial score (nSPS) is 31.5. The number of nitrogens with zero attached hydrogens (tertiary/aromatic N) is 2. The SMILES string of the molecule is C=CCOC(=O)[C@@H]1[C@H]2C(=O)N(CCCO)C(C(=O)N(CC=C)C(C)(C)C)C23CC[C@H]1S3. The van der Waals surface area contributed by atoms with Crippen molar-refractivity contribution in [3.63, 3.8) is 0 Å². The van der Waals surface area contributed by atoms with E-state index in [-0.39, 0.29) is 42.8 Å². The molecule has 2 amide bonds. The quantitative estimate of drug-likeness (QED) is 0.427. The molecule has 0 radical (unpaired) electrons. The average Bonchev–Trinajstić information content (AvgIpc) is 3.34.